The molecule has 1 aliphatic heterocycles. The summed E-state index contributed by atoms with van der Waals surface area (Å²) in [6.07, 6.45) is 1.42. The van der Waals surface area contributed by atoms with Crippen LogP contribution in [-0.4, -0.2) is 48.9 Å². The standard InChI is InChI=1S/C17H23N3O4/c1-2-24-17(23)13-7-9-20(10-8-13)11-15(21)19-14-5-3-12(4-6-14)16(18)22/h3-6,13H,2,7-11H2,1H3,(H2,18,22)(H,19,21). The SMILES string of the molecule is CCOC(=O)C1CCN(CC(=O)Nc2ccc(C(N)=O)cc2)CC1. The molecule has 2 amide bonds. The van der Waals surface area contributed by atoms with Crippen LogP contribution in [-0.2, 0) is 14.3 Å². The number of benzene rings is 1. The zero-order chi connectivity index (χ0) is 17.5. The van der Waals surface area contributed by atoms with E-state index in [1.165, 1.54) is 0 Å². The van der Waals surface area contributed by atoms with Gasteiger partial charge in [0.1, 0.15) is 0 Å². The molecule has 1 aliphatic rings. The van der Waals surface area contributed by atoms with E-state index < -0.39 is 5.91 Å². The van der Waals surface area contributed by atoms with Crippen molar-refractivity contribution < 1.29 is 19.1 Å². The number of hydrogen-bond acceptors (Lipinski definition) is 5. The Kier molecular flexibility index (Phi) is 6.31. The lowest BCUT2D eigenvalue weighted by Gasteiger charge is -2.30. The summed E-state index contributed by atoms with van der Waals surface area (Å²) in [7, 11) is 0. The number of ether oxygens (including phenoxy) is 1. The van der Waals surface area contributed by atoms with Gasteiger partial charge in [0.15, 0.2) is 0 Å². The van der Waals surface area contributed by atoms with E-state index in [-0.39, 0.29) is 24.3 Å². The zero-order valence-corrected chi connectivity index (χ0v) is 13.8. The van der Waals surface area contributed by atoms with Crippen LogP contribution in [0.4, 0.5) is 5.69 Å². The predicted molar refractivity (Wildman–Crippen MR) is 89.4 cm³/mol. The Morgan fingerprint density at radius 2 is 1.83 bits per heavy atom. The smallest absolute Gasteiger partial charge is 0.309 e. The Morgan fingerprint density at radius 3 is 2.38 bits per heavy atom. The van der Waals surface area contributed by atoms with Gasteiger partial charge in [0.25, 0.3) is 0 Å². The molecule has 1 heterocycles. The Morgan fingerprint density at radius 1 is 1.21 bits per heavy atom. The third-order valence-electron chi connectivity index (χ3n) is 4.03. The number of primary amides is 1. The van der Waals surface area contributed by atoms with Gasteiger partial charge in [-0.25, -0.2) is 0 Å². The quantitative estimate of drug-likeness (QED) is 0.756. The van der Waals surface area contributed by atoms with Crippen molar-refractivity contribution in [1.29, 1.82) is 0 Å². The summed E-state index contributed by atoms with van der Waals surface area (Å²) in [4.78, 5) is 36.8. The zero-order valence-electron chi connectivity index (χ0n) is 13.8. The molecule has 0 bridgehead atoms. The van der Waals surface area contributed by atoms with Crippen LogP contribution in [0.1, 0.15) is 30.1 Å². The van der Waals surface area contributed by atoms with Gasteiger partial charge in [-0.1, -0.05) is 0 Å². The maximum Gasteiger partial charge on any atom is 0.309 e. The minimum absolute atomic E-state index is 0.0643. The van der Waals surface area contributed by atoms with Crippen LogP contribution in [0.3, 0.4) is 0 Å². The fourth-order valence-corrected chi connectivity index (χ4v) is 2.71. The van der Waals surface area contributed by atoms with Gasteiger partial charge in [-0.05, 0) is 57.1 Å². The Hall–Kier alpha value is -2.41. The van der Waals surface area contributed by atoms with Crippen molar-refractivity contribution in [3.8, 4) is 0 Å². The van der Waals surface area contributed by atoms with Crippen molar-refractivity contribution in [3.05, 3.63) is 29.8 Å². The Balaban J connectivity index is 1.77. The molecule has 24 heavy (non-hydrogen) atoms. The summed E-state index contributed by atoms with van der Waals surface area (Å²) < 4.78 is 5.03. The minimum Gasteiger partial charge on any atom is -0.466 e. The van der Waals surface area contributed by atoms with E-state index in [1.807, 2.05) is 4.90 Å². The molecule has 0 saturated carbocycles. The van der Waals surface area contributed by atoms with Crippen LogP contribution in [0.5, 0.6) is 0 Å². The number of piperidine rings is 1. The molecule has 1 aromatic carbocycles. The van der Waals surface area contributed by atoms with Crippen LogP contribution >= 0.6 is 0 Å². The number of rotatable bonds is 6. The molecule has 0 unspecified atom stereocenters. The first-order valence-corrected chi connectivity index (χ1v) is 8.08. The van der Waals surface area contributed by atoms with Gasteiger partial charge in [-0.15, -0.1) is 0 Å². The van der Waals surface area contributed by atoms with E-state index >= 15 is 0 Å². The molecular formula is C17H23N3O4. The first kappa shape index (κ1) is 17.9. The van der Waals surface area contributed by atoms with Crippen LogP contribution in [0.2, 0.25) is 0 Å². The maximum absolute atomic E-state index is 12.1. The van der Waals surface area contributed by atoms with Crippen molar-refractivity contribution in [3.63, 3.8) is 0 Å². The number of anilines is 1. The molecule has 7 heteroatoms. The minimum atomic E-state index is -0.502. The fourth-order valence-electron chi connectivity index (χ4n) is 2.71. The molecule has 0 atom stereocenters. The fraction of sp³-hybridized carbons (Fsp3) is 0.471. The molecule has 0 spiro atoms. The number of nitrogens with zero attached hydrogens (tertiary/aromatic N) is 1. The second-order valence-electron chi connectivity index (χ2n) is 5.79. The highest BCUT2D eigenvalue weighted by Gasteiger charge is 2.26. The molecule has 130 valence electrons. The highest BCUT2D eigenvalue weighted by molar-refractivity contribution is 5.95. The lowest BCUT2D eigenvalue weighted by molar-refractivity contribution is -0.149. The number of nitrogens with one attached hydrogen (secondary N) is 1. The summed E-state index contributed by atoms with van der Waals surface area (Å²) in [5, 5.41) is 2.79. The second kappa shape index (κ2) is 8.44. The maximum atomic E-state index is 12.1. The van der Waals surface area contributed by atoms with Crippen molar-refractivity contribution >= 4 is 23.5 Å². The number of amides is 2. The summed E-state index contributed by atoms with van der Waals surface area (Å²) in [5.74, 6) is -0.837. The number of carbonyl (C=O) groups excluding carboxylic acids is 3. The van der Waals surface area contributed by atoms with Crippen molar-refractivity contribution in [2.24, 2.45) is 11.7 Å². The van der Waals surface area contributed by atoms with E-state index in [0.717, 1.165) is 0 Å². The molecule has 1 fully saturated rings. The molecule has 7 nitrogen and oxygen atoms in total. The molecule has 2 rings (SSSR count). The van der Waals surface area contributed by atoms with Gasteiger partial charge in [0.2, 0.25) is 11.8 Å². The topological polar surface area (TPSA) is 102 Å². The highest BCUT2D eigenvalue weighted by Crippen LogP contribution is 2.18. The van der Waals surface area contributed by atoms with Gasteiger partial charge in [-0.3, -0.25) is 19.3 Å². The van der Waals surface area contributed by atoms with Gasteiger partial charge in [0, 0.05) is 11.3 Å². The third kappa shape index (κ3) is 5.06. The number of likely N-dealkylation sites (tertiary alicyclic amines) is 1. The van der Waals surface area contributed by atoms with Crippen molar-refractivity contribution in [2.75, 3.05) is 31.6 Å². The van der Waals surface area contributed by atoms with E-state index in [9.17, 15) is 14.4 Å². The second-order valence-corrected chi connectivity index (χ2v) is 5.79. The Bertz CT molecular complexity index is 592. The Labute approximate surface area is 141 Å². The van der Waals surface area contributed by atoms with E-state index in [0.29, 0.717) is 43.8 Å². The normalized spacial score (nSPS) is 15.7. The summed E-state index contributed by atoms with van der Waals surface area (Å²) >= 11 is 0. The average Bonchev–Trinajstić information content (AvgIpc) is 2.56. The summed E-state index contributed by atoms with van der Waals surface area (Å²) in [5.41, 5.74) is 6.19. The molecular weight excluding hydrogens is 310 g/mol. The molecule has 3 N–H and O–H groups in total. The van der Waals surface area contributed by atoms with Crippen molar-refractivity contribution in [2.45, 2.75) is 19.8 Å². The van der Waals surface area contributed by atoms with Gasteiger partial charge < -0.3 is 15.8 Å². The first-order chi connectivity index (χ1) is 11.5. The van der Waals surface area contributed by atoms with Gasteiger partial charge in [-0.2, -0.15) is 0 Å². The molecule has 0 aromatic heterocycles. The van der Waals surface area contributed by atoms with Crippen molar-refractivity contribution in [1.82, 2.24) is 4.90 Å². The average molecular weight is 333 g/mol. The molecule has 0 aliphatic carbocycles. The monoisotopic (exact) mass is 333 g/mol. The van der Waals surface area contributed by atoms with Crippen LogP contribution in [0, 0.1) is 5.92 Å². The van der Waals surface area contributed by atoms with E-state index in [2.05, 4.69) is 5.32 Å². The molecule has 1 aromatic rings. The number of hydrogen-bond donors (Lipinski definition) is 2. The molecule has 1 saturated heterocycles. The van der Waals surface area contributed by atoms with E-state index in [1.54, 1.807) is 31.2 Å². The summed E-state index contributed by atoms with van der Waals surface area (Å²) in [6.45, 7) is 3.85. The van der Waals surface area contributed by atoms with Gasteiger partial charge in [0.05, 0.1) is 19.1 Å². The number of esters is 1. The largest absolute Gasteiger partial charge is 0.466 e. The number of carbonyl (C=O) groups is 3. The first-order valence-electron chi connectivity index (χ1n) is 8.08. The lowest BCUT2D eigenvalue weighted by Crippen LogP contribution is -2.41. The van der Waals surface area contributed by atoms with Crippen LogP contribution in [0.15, 0.2) is 24.3 Å². The third-order valence-corrected chi connectivity index (χ3v) is 4.03. The lowest BCUT2D eigenvalue weighted by atomic mass is 9.97. The number of nitrogens with two attached hydrogens (primary N) is 1. The summed E-state index contributed by atoms with van der Waals surface area (Å²) in [6, 6.07) is 6.43. The predicted octanol–water partition coefficient (Wildman–Crippen LogP) is 0.999. The van der Waals surface area contributed by atoms with E-state index in [4.69, 9.17) is 10.5 Å². The van der Waals surface area contributed by atoms with Crippen LogP contribution < -0.4 is 11.1 Å². The molecule has 0 radical (unpaired) electrons. The van der Waals surface area contributed by atoms with Gasteiger partial charge >= 0.3 is 5.97 Å². The highest BCUT2D eigenvalue weighted by atomic mass is 16.5. The van der Waals surface area contributed by atoms with Crippen LogP contribution in [0.25, 0.3) is 0 Å².